The first kappa shape index (κ1) is 37.1. The minimum atomic E-state index is 0.127. The van der Waals surface area contributed by atoms with Crippen LogP contribution in [0.1, 0.15) is 105 Å². The standard InChI is InChI=1S/C51H52BrNO2/c1-2-3-4-5-6-7-8-9-10-19-28-54-41-31-37(35-52)32-42(34-41)55-36-38-29-39(51-47-24-13-11-20-43(47)44-21-12-14-25-48(44)51)33-40(30-38)53-49-26-17-15-22-45(49)46-23-16-18-27-50(46)53/h11-18,20-27,29-34,51H,2-10,19,28,35-36H2,1H3. The van der Waals surface area contributed by atoms with E-state index in [2.05, 4.69) is 161 Å². The predicted molar refractivity (Wildman–Crippen MR) is 234 cm³/mol. The average molecular weight is 791 g/mol. The maximum absolute atomic E-state index is 6.68. The monoisotopic (exact) mass is 789 g/mol. The third kappa shape index (κ3) is 8.26. The normalized spacial score (nSPS) is 12.3. The summed E-state index contributed by atoms with van der Waals surface area (Å²) in [5.74, 6) is 1.83. The van der Waals surface area contributed by atoms with Crippen molar-refractivity contribution in [1.29, 1.82) is 0 Å². The van der Waals surface area contributed by atoms with E-state index in [0.29, 0.717) is 6.61 Å². The van der Waals surface area contributed by atoms with Gasteiger partial charge < -0.3 is 14.0 Å². The number of benzene rings is 6. The first-order valence-electron chi connectivity index (χ1n) is 20.5. The Kier molecular flexibility index (Phi) is 12.0. The number of hydrogen-bond donors (Lipinski definition) is 0. The van der Waals surface area contributed by atoms with Gasteiger partial charge in [-0.15, -0.1) is 0 Å². The first-order chi connectivity index (χ1) is 27.2. The maximum Gasteiger partial charge on any atom is 0.123 e. The summed E-state index contributed by atoms with van der Waals surface area (Å²) in [6.07, 6.45) is 13.2. The summed E-state index contributed by atoms with van der Waals surface area (Å²) in [5.41, 5.74) is 12.4. The number of alkyl halides is 1. The Morgan fingerprint density at radius 3 is 1.69 bits per heavy atom. The van der Waals surface area contributed by atoms with Gasteiger partial charge in [-0.1, -0.05) is 172 Å². The molecule has 0 N–H and O–H groups in total. The van der Waals surface area contributed by atoms with E-state index in [0.717, 1.165) is 46.7 Å². The van der Waals surface area contributed by atoms with E-state index in [4.69, 9.17) is 9.47 Å². The molecule has 0 unspecified atom stereocenters. The number of halogens is 1. The van der Waals surface area contributed by atoms with Gasteiger partial charge in [-0.3, -0.25) is 0 Å². The van der Waals surface area contributed by atoms with E-state index >= 15 is 0 Å². The minimum Gasteiger partial charge on any atom is -0.493 e. The van der Waals surface area contributed by atoms with Crippen molar-refractivity contribution >= 4 is 37.7 Å². The molecule has 4 heteroatoms. The van der Waals surface area contributed by atoms with Gasteiger partial charge in [0.1, 0.15) is 18.1 Å². The highest BCUT2D eigenvalue weighted by Gasteiger charge is 2.30. The molecule has 1 aromatic heterocycles. The third-order valence-electron chi connectivity index (χ3n) is 11.3. The fourth-order valence-electron chi connectivity index (χ4n) is 8.61. The van der Waals surface area contributed by atoms with Gasteiger partial charge >= 0.3 is 0 Å². The third-order valence-corrected chi connectivity index (χ3v) is 11.9. The average Bonchev–Trinajstić information content (AvgIpc) is 3.75. The van der Waals surface area contributed by atoms with E-state index in [1.807, 2.05) is 0 Å². The molecule has 55 heavy (non-hydrogen) atoms. The van der Waals surface area contributed by atoms with Gasteiger partial charge in [0.15, 0.2) is 0 Å². The molecule has 0 aliphatic heterocycles. The second-order valence-electron chi connectivity index (χ2n) is 15.2. The maximum atomic E-state index is 6.68. The van der Waals surface area contributed by atoms with Crippen LogP contribution in [0.4, 0.5) is 0 Å². The number of nitrogens with zero attached hydrogens (tertiary/aromatic N) is 1. The van der Waals surface area contributed by atoms with Crippen LogP contribution < -0.4 is 9.47 Å². The topological polar surface area (TPSA) is 23.4 Å². The van der Waals surface area contributed by atoms with Crippen molar-refractivity contribution in [2.24, 2.45) is 0 Å². The van der Waals surface area contributed by atoms with Crippen LogP contribution in [0.3, 0.4) is 0 Å². The lowest BCUT2D eigenvalue weighted by atomic mass is 9.88. The molecule has 0 radical (unpaired) electrons. The van der Waals surface area contributed by atoms with Crippen molar-refractivity contribution in [2.75, 3.05) is 6.61 Å². The zero-order valence-electron chi connectivity index (χ0n) is 32.1. The van der Waals surface area contributed by atoms with Crippen molar-refractivity contribution in [3.8, 4) is 28.3 Å². The van der Waals surface area contributed by atoms with Crippen molar-refractivity contribution in [3.05, 3.63) is 161 Å². The molecule has 1 aliphatic rings. The quantitative estimate of drug-likeness (QED) is 0.0638. The summed E-state index contributed by atoms with van der Waals surface area (Å²) in [7, 11) is 0. The van der Waals surface area contributed by atoms with Crippen LogP contribution in [0, 0.1) is 0 Å². The zero-order chi connectivity index (χ0) is 37.4. The number of ether oxygens (including phenoxy) is 2. The highest BCUT2D eigenvalue weighted by Crippen LogP contribution is 2.48. The molecular weight excluding hydrogens is 738 g/mol. The lowest BCUT2D eigenvalue weighted by molar-refractivity contribution is 0.289. The molecule has 3 nitrogen and oxygen atoms in total. The van der Waals surface area contributed by atoms with Crippen molar-refractivity contribution in [3.63, 3.8) is 0 Å². The second-order valence-corrected chi connectivity index (χ2v) is 15.7. The van der Waals surface area contributed by atoms with Crippen LogP contribution in [-0.4, -0.2) is 11.2 Å². The molecule has 0 bridgehead atoms. The predicted octanol–water partition coefficient (Wildman–Crippen LogP) is 14.7. The number of fused-ring (bicyclic) bond motifs is 6. The summed E-state index contributed by atoms with van der Waals surface area (Å²) in [6, 6.07) is 48.7. The van der Waals surface area contributed by atoms with Gasteiger partial charge in [-0.05, 0) is 81.8 Å². The molecule has 0 spiro atoms. The molecule has 6 aromatic carbocycles. The summed E-state index contributed by atoms with van der Waals surface area (Å²) in [6.45, 7) is 3.46. The van der Waals surface area contributed by atoms with Gasteiger partial charge in [0.25, 0.3) is 0 Å². The van der Waals surface area contributed by atoms with E-state index in [-0.39, 0.29) is 5.92 Å². The van der Waals surface area contributed by atoms with Crippen LogP contribution in [0.5, 0.6) is 11.5 Å². The fourth-order valence-corrected chi connectivity index (χ4v) is 8.94. The smallest absolute Gasteiger partial charge is 0.123 e. The molecule has 8 rings (SSSR count). The summed E-state index contributed by atoms with van der Waals surface area (Å²) in [5, 5.41) is 3.26. The van der Waals surface area contributed by atoms with Gasteiger partial charge in [0.05, 0.1) is 17.6 Å². The highest BCUT2D eigenvalue weighted by atomic mass is 79.9. The summed E-state index contributed by atoms with van der Waals surface area (Å²) in [4.78, 5) is 0. The molecule has 280 valence electrons. The summed E-state index contributed by atoms with van der Waals surface area (Å²) >= 11 is 3.69. The van der Waals surface area contributed by atoms with Gasteiger partial charge in [-0.2, -0.15) is 0 Å². The number of hydrogen-bond acceptors (Lipinski definition) is 2. The van der Waals surface area contributed by atoms with E-state index in [1.165, 1.54) is 107 Å². The summed E-state index contributed by atoms with van der Waals surface area (Å²) < 4.78 is 15.4. The number of rotatable bonds is 18. The Morgan fingerprint density at radius 2 is 1.07 bits per heavy atom. The van der Waals surface area contributed by atoms with Gasteiger partial charge in [0.2, 0.25) is 0 Å². The van der Waals surface area contributed by atoms with Gasteiger partial charge in [0, 0.05) is 33.8 Å². The Bertz CT molecular complexity index is 2270. The zero-order valence-corrected chi connectivity index (χ0v) is 33.7. The number of para-hydroxylation sites is 2. The lowest BCUT2D eigenvalue weighted by Crippen LogP contribution is -2.05. The van der Waals surface area contributed by atoms with Crippen LogP contribution in [0.15, 0.2) is 133 Å². The molecule has 0 fully saturated rings. The Hall–Kier alpha value is -4.80. The highest BCUT2D eigenvalue weighted by molar-refractivity contribution is 9.08. The SMILES string of the molecule is CCCCCCCCCCCCOc1cc(CBr)cc(OCc2cc(C3c4ccccc4-c4ccccc43)cc(-n3c4ccccc4c4ccccc43)c2)c1. The molecule has 1 aliphatic carbocycles. The van der Waals surface area contributed by atoms with Gasteiger partial charge in [-0.25, -0.2) is 0 Å². The molecule has 7 aromatic rings. The van der Waals surface area contributed by atoms with Crippen molar-refractivity contribution in [2.45, 2.75) is 89.0 Å². The first-order valence-corrected chi connectivity index (χ1v) is 21.6. The Labute approximate surface area is 335 Å². The fraction of sp³-hybridized carbons (Fsp3) is 0.294. The van der Waals surface area contributed by atoms with Crippen LogP contribution >= 0.6 is 15.9 Å². The van der Waals surface area contributed by atoms with Crippen LogP contribution in [0.2, 0.25) is 0 Å². The minimum absolute atomic E-state index is 0.127. The van der Waals surface area contributed by atoms with E-state index < -0.39 is 0 Å². The van der Waals surface area contributed by atoms with E-state index in [9.17, 15) is 0 Å². The molecule has 0 saturated heterocycles. The number of unbranched alkanes of at least 4 members (excludes halogenated alkanes) is 9. The second kappa shape index (κ2) is 17.8. The van der Waals surface area contributed by atoms with Crippen LogP contribution in [-0.2, 0) is 11.9 Å². The number of aromatic nitrogens is 1. The molecule has 0 atom stereocenters. The van der Waals surface area contributed by atoms with Crippen LogP contribution in [0.25, 0.3) is 38.6 Å². The van der Waals surface area contributed by atoms with Crippen molar-refractivity contribution < 1.29 is 9.47 Å². The Morgan fingerprint density at radius 1 is 0.527 bits per heavy atom. The molecule has 0 amide bonds. The Balaban J connectivity index is 1.06. The largest absolute Gasteiger partial charge is 0.493 e. The molecule has 1 heterocycles. The molecular formula is C51H52BrNO2. The van der Waals surface area contributed by atoms with Crippen molar-refractivity contribution in [1.82, 2.24) is 4.57 Å². The molecule has 0 saturated carbocycles. The lowest BCUT2D eigenvalue weighted by Gasteiger charge is -2.19. The van der Waals surface area contributed by atoms with E-state index in [1.54, 1.807) is 0 Å².